The second kappa shape index (κ2) is 18.8. The number of carbonyl (C=O) groups is 2. The molecule has 0 fully saturated rings. The molecule has 0 saturated carbocycles. The number of rotatable bonds is 12. The summed E-state index contributed by atoms with van der Waals surface area (Å²) >= 11 is 0. The molecule has 2 aliphatic rings. The predicted molar refractivity (Wildman–Crippen MR) is 222 cm³/mol. The van der Waals surface area contributed by atoms with E-state index in [0.717, 1.165) is 39.2 Å². The van der Waals surface area contributed by atoms with Gasteiger partial charge in [0, 0.05) is 40.8 Å². The normalized spacial score (nSPS) is 15.8. The highest BCUT2D eigenvalue weighted by atomic mass is 16.5. The zero-order chi connectivity index (χ0) is 39.4. The van der Waals surface area contributed by atoms with Gasteiger partial charge in [-0.15, -0.1) is 0 Å². The molecular formula is C46H48N4O6. The molecule has 288 valence electrons. The number of anilines is 2. The summed E-state index contributed by atoms with van der Waals surface area (Å²) in [5.74, 6) is 2.24. The van der Waals surface area contributed by atoms with Crippen LogP contribution in [-0.2, 0) is 16.0 Å². The van der Waals surface area contributed by atoms with Crippen LogP contribution in [0.25, 0.3) is 0 Å². The summed E-state index contributed by atoms with van der Waals surface area (Å²) in [5.41, 5.74) is 7.51. The first-order chi connectivity index (χ1) is 27.3. The average Bonchev–Trinajstić information content (AvgIpc) is 3.42. The number of nitrogens with one attached hydrogen (secondary N) is 2. The summed E-state index contributed by atoms with van der Waals surface area (Å²) in [7, 11) is 0. The summed E-state index contributed by atoms with van der Waals surface area (Å²) in [6, 6.07) is 36.2. The van der Waals surface area contributed by atoms with E-state index in [9.17, 15) is 9.59 Å². The van der Waals surface area contributed by atoms with Gasteiger partial charge in [0.05, 0.1) is 49.2 Å². The maximum absolute atomic E-state index is 13.1. The molecule has 0 aliphatic carbocycles. The molecule has 10 nitrogen and oxygen atoms in total. The minimum atomic E-state index is -0.545. The van der Waals surface area contributed by atoms with Crippen LogP contribution in [0.15, 0.2) is 125 Å². The molecule has 10 heteroatoms. The van der Waals surface area contributed by atoms with Gasteiger partial charge in [-0.2, -0.15) is 0 Å². The van der Waals surface area contributed by atoms with Crippen molar-refractivity contribution in [2.24, 2.45) is 9.98 Å². The van der Waals surface area contributed by atoms with Gasteiger partial charge >= 0.3 is 0 Å². The number of benzodiazepines with no additional fused rings is 2. The molecule has 0 saturated heterocycles. The van der Waals surface area contributed by atoms with Crippen LogP contribution in [-0.4, -0.2) is 61.7 Å². The van der Waals surface area contributed by atoms with Crippen LogP contribution in [0.1, 0.15) is 62.4 Å². The predicted octanol–water partition coefficient (Wildman–Crippen LogP) is 8.55. The first-order valence-electron chi connectivity index (χ1n) is 19.1. The van der Waals surface area contributed by atoms with Gasteiger partial charge in [0.2, 0.25) is 11.8 Å². The molecule has 5 aromatic carbocycles. The molecular weight excluding hydrogens is 705 g/mol. The monoisotopic (exact) mass is 752 g/mol. The molecule has 0 radical (unpaired) electrons. The first-order valence-corrected chi connectivity index (χ1v) is 19.1. The molecule has 0 bridgehead atoms. The Labute approximate surface area is 328 Å². The quantitative estimate of drug-likeness (QED) is 0.132. The van der Waals surface area contributed by atoms with Crippen LogP contribution < -0.4 is 29.6 Å². The van der Waals surface area contributed by atoms with E-state index in [2.05, 4.69) is 15.6 Å². The summed E-state index contributed by atoms with van der Waals surface area (Å²) in [4.78, 5) is 35.1. The number of benzene rings is 5. The molecule has 7 rings (SSSR count). The van der Waals surface area contributed by atoms with E-state index in [1.165, 1.54) is 0 Å². The first kappa shape index (κ1) is 39.3. The highest BCUT2D eigenvalue weighted by molar-refractivity contribution is 6.21. The fourth-order valence-electron chi connectivity index (χ4n) is 6.48. The van der Waals surface area contributed by atoms with Gasteiger partial charge in [-0.25, -0.2) is 0 Å². The van der Waals surface area contributed by atoms with Gasteiger partial charge in [-0.3, -0.25) is 19.6 Å². The topological polar surface area (TPSA) is 120 Å². The molecule has 2 N–H and O–H groups in total. The summed E-state index contributed by atoms with van der Waals surface area (Å²) in [6.45, 7) is 11.6. The summed E-state index contributed by atoms with van der Waals surface area (Å²) < 4.78 is 23.0. The van der Waals surface area contributed by atoms with E-state index in [1.807, 2.05) is 143 Å². The fourth-order valence-corrected chi connectivity index (χ4v) is 6.48. The Kier molecular flexibility index (Phi) is 13.2. The maximum atomic E-state index is 13.1. The van der Waals surface area contributed by atoms with Gasteiger partial charge in [-0.1, -0.05) is 91.0 Å². The molecule has 2 heterocycles. The molecule has 2 aliphatic heterocycles. The van der Waals surface area contributed by atoms with Gasteiger partial charge in [0.15, 0.2) is 23.0 Å². The lowest BCUT2D eigenvalue weighted by atomic mass is 9.99. The maximum Gasteiger partial charge on any atom is 0.249 e. The highest BCUT2D eigenvalue weighted by Gasteiger charge is 2.28. The second-order valence-electron chi connectivity index (χ2n) is 13.0. The van der Waals surface area contributed by atoms with E-state index in [1.54, 1.807) is 6.92 Å². The third-order valence-corrected chi connectivity index (χ3v) is 9.05. The average molecular weight is 753 g/mol. The molecule has 0 spiro atoms. The Hall–Kier alpha value is -6.42. The number of nitrogens with zero attached hydrogens (tertiary/aromatic N) is 2. The molecule has 56 heavy (non-hydrogen) atoms. The van der Waals surface area contributed by atoms with E-state index in [4.69, 9.17) is 23.9 Å². The Morgan fingerprint density at radius 3 is 1.36 bits per heavy atom. The van der Waals surface area contributed by atoms with Crippen LogP contribution in [0.4, 0.5) is 11.4 Å². The number of hydrogen-bond donors (Lipinski definition) is 2. The standard InChI is InChI=1S/C26H26N2O3.C20H22N2O3/c1-3-30-23-16-20-21(17-24(23)31-4-2)28-26(29)22(15-18-11-7-5-8-12-18)27-25(20)19-13-9-6-10-14-19;1-4-24-17-11-15-16(12-18(17)25-5-2)22-20(23)13(3)21-19(15)14-9-7-6-8-10-14/h5-14,16-17,22H,3-4,15H2,1-2H3,(H,28,29);6-13H,4-5H2,1-3H3,(H,22,23). The lowest BCUT2D eigenvalue weighted by molar-refractivity contribution is -0.117. The lowest BCUT2D eigenvalue weighted by Gasteiger charge is -2.16. The van der Waals surface area contributed by atoms with Crippen molar-refractivity contribution in [3.05, 3.63) is 143 Å². The zero-order valence-corrected chi connectivity index (χ0v) is 32.5. The minimum absolute atomic E-state index is 0.136. The fraction of sp³-hybridized carbons (Fsp3) is 0.261. The number of hydrogen-bond acceptors (Lipinski definition) is 8. The van der Waals surface area contributed by atoms with Crippen LogP contribution >= 0.6 is 0 Å². The molecule has 5 aromatic rings. The summed E-state index contributed by atoms with van der Waals surface area (Å²) in [6.07, 6.45) is 0.521. The third kappa shape index (κ3) is 9.26. The molecule has 2 amide bonds. The number of carbonyl (C=O) groups excluding carboxylic acids is 2. The van der Waals surface area contributed by atoms with E-state index in [0.29, 0.717) is 67.2 Å². The van der Waals surface area contributed by atoms with Crippen LogP contribution in [0.3, 0.4) is 0 Å². The van der Waals surface area contributed by atoms with Gasteiger partial charge in [0.1, 0.15) is 12.1 Å². The third-order valence-electron chi connectivity index (χ3n) is 9.05. The Balaban J connectivity index is 0.000000194. The number of ether oxygens (including phenoxy) is 4. The number of aliphatic imine (C=N–C) groups is 2. The lowest BCUT2D eigenvalue weighted by Crippen LogP contribution is -2.27. The SMILES string of the molecule is CCOc1cc2c(cc1OCC)C(c1ccccc1)=NC(C)C(=O)N2.CCOc1cc2c(cc1OCC)C(c1ccccc1)=NC(Cc1ccccc1)C(=O)N2. The van der Waals surface area contributed by atoms with Crippen LogP contribution in [0.2, 0.25) is 0 Å². The van der Waals surface area contributed by atoms with E-state index >= 15 is 0 Å². The molecule has 0 aromatic heterocycles. The smallest absolute Gasteiger partial charge is 0.249 e. The minimum Gasteiger partial charge on any atom is -0.490 e. The number of fused-ring (bicyclic) bond motifs is 2. The van der Waals surface area contributed by atoms with Crippen molar-refractivity contribution in [2.45, 2.75) is 53.1 Å². The Bertz CT molecular complexity index is 2190. The van der Waals surface area contributed by atoms with Gasteiger partial charge < -0.3 is 29.6 Å². The van der Waals surface area contributed by atoms with Gasteiger partial charge in [0.25, 0.3) is 0 Å². The highest BCUT2D eigenvalue weighted by Crippen LogP contribution is 2.38. The van der Waals surface area contributed by atoms with Crippen molar-refractivity contribution in [3.63, 3.8) is 0 Å². The Morgan fingerprint density at radius 2 is 0.911 bits per heavy atom. The van der Waals surface area contributed by atoms with Crippen molar-refractivity contribution >= 4 is 34.6 Å². The van der Waals surface area contributed by atoms with Crippen molar-refractivity contribution in [2.75, 3.05) is 37.1 Å². The van der Waals surface area contributed by atoms with E-state index < -0.39 is 12.1 Å². The van der Waals surface area contributed by atoms with Crippen molar-refractivity contribution in [1.29, 1.82) is 0 Å². The van der Waals surface area contributed by atoms with E-state index in [-0.39, 0.29) is 11.8 Å². The van der Waals surface area contributed by atoms with Crippen molar-refractivity contribution < 1.29 is 28.5 Å². The molecule has 2 unspecified atom stereocenters. The Morgan fingerprint density at radius 1 is 0.518 bits per heavy atom. The largest absolute Gasteiger partial charge is 0.490 e. The van der Waals surface area contributed by atoms with Crippen LogP contribution in [0.5, 0.6) is 23.0 Å². The summed E-state index contributed by atoms with van der Waals surface area (Å²) in [5, 5.41) is 6.02. The zero-order valence-electron chi connectivity index (χ0n) is 32.5. The van der Waals surface area contributed by atoms with Crippen molar-refractivity contribution in [1.82, 2.24) is 0 Å². The van der Waals surface area contributed by atoms with Crippen LogP contribution in [0, 0.1) is 0 Å². The number of amides is 2. The molecule has 2 atom stereocenters. The second-order valence-corrected chi connectivity index (χ2v) is 13.0. The van der Waals surface area contributed by atoms with Gasteiger partial charge in [-0.05, 0) is 52.3 Å². The van der Waals surface area contributed by atoms with Crippen molar-refractivity contribution in [3.8, 4) is 23.0 Å².